The smallest absolute Gasteiger partial charge is 0.120 e. The molecule has 0 unspecified atom stereocenters. The van der Waals surface area contributed by atoms with Crippen LogP contribution in [0.25, 0.3) is 0 Å². The van der Waals surface area contributed by atoms with E-state index in [1.165, 1.54) is 4.90 Å². The maximum Gasteiger partial charge on any atom is 0.130 e. The van der Waals surface area contributed by atoms with Crippen LogP contribution in [0.5, 0.6) is 0 Å². The van der Waals surface area contributed by atoms with E-state index in [4.69, 9.17) is 0 Å². The molecule has 0 saturated carbocycles. The van der Waals surface area contributed by atoms with Crippen LogP contribution >= 0.6 is 11.8 Å². The number of hydrogen-bond acceptors (Lipinski definition) is 1. The highest BCUT2D eigenvalue weighted by molar-refractivity contribution is 8.04. The third kappa shape index (κ3) is 4.82. The monoisotopic (exact) mass is 206 g/mol. The fourth-order valence-corrected chi connectivity index (χ4v) is 2.57. The van der Waals surface area contributed by atoms with Crippen molar-refractivity contribution >= 4 is 19.8 Å². The fraction of sp³-hybridized carbons (Fsp3) is 0.273. The zero-order chi connectivity index (χ0) is 9.73. The molecule has 68 valence electrons. The molecule has 0 saturated heterocycles. The van der Waals surface area contributed by atoms with Crippen LogP contribution in [0.2, 0.25) is 19.6 Å². The number of hydrogen-bond donors (Lipinski definition) is 0. The van der Waals surface area contributed by atoms with Gasteiger partial charge in [0, 0.05) is 4.90 Å². The normalized spacial score (nSPS) is 10.4. The summed E-state index contributed by atoms with van der Waals surface area (Å²) in [7, 11) is -1.19. The van der Waals surface area contributed by atoms with E-state index in [0.29, 0.717) is 0 Å². The maximum absolute atomic E-state index is 3.32. The summed E-state index contributed by atoms with van der Waals surface area (Å²) >= 11 is 1.62. The van der Waals surface area contributed by atoms with Gasteiger partial charge < -0.3 is 0 Å². The second-order valence-electron chi connectivity index (χ2n) is 3.89. The van der Waals surface area contributed by atoms with Gasteiger partial charge in [-0.2, -0.15) is 0 Å². The first-order valence-corrected chi connectivity index (χ1v) is 8.64. The van der Waals surface area contributed by atoms with Gasteiger partial charge in [0.05, 0.1) is 0 Å². The van der Waals surface area contributed by atoms with Crippen LogP contribution in [0.15, 0.2) is 35.2 Å². The number of benzene rings is 1. The molecule has 13 heavy (non-hydrogen) atoms. The highest BCUT2D eigenvalue weighted by Gasteiger charge is 2.07. The molecule has 0 fully saturated rings. The van der Waals surface area contributed by atoms with Gasteiger partial charge in [0.15, 0.2) is 0 Å². The molecule has 0 spiro atoms. The van der Waals surface area contributed by atoms with E-state index in [1.54, 1.807) is 11.8 Å². The van der Waals surface area contributed by atoms with Crippen molar-refractivity contribution in [1.82, 2.24) is 0 Å². The highest BCUT2D eigenvalue weighted by atomic mass is 32.2. The Labute approximate surface area is 85.8 Å². The van der Waals surface area contributed by atoms with Crippen LogP contribution in [-0.4, -0.2) is 8.07 Å². The maximum atomic E-state index is 3.32. The van der Waals surface area contributed by atoms with Gasteiger partial charge in [-0.3, -0.25) is 0 Å². The second-order valence-corrected chi connectivity index (χ2v) is 9.52. The van der Waals surface area contributed by atoms with E-state index in [1.807, 2.05) is 18.2 Å². The van der Waals surface area contributed by atoms with Crippen molar-refractivity contribution in [3.8, 4) is 10.8 Å². The molecular formula is C11H14SSi. The Hall–Kier alpha value is -0.653. The Morgan fingerprint density at radius 1 is 1.08 bits per heavy atom. The van der Waals surface area contributed by atoms with Crippen LogP contribution in [0.4, 0.5) is 0 Å². The Balaban J connectivity index is 2.56. The number of thioether (sulfide) groups is 1. The third-order valence-corrected chi connectivity index (χ3v) is 3.11. The zero-order valence-electron chi connectivity index (χ0n) is 8.29. The largest absolute Gasteiger partial charge is 0.130 e. The van der Waals surface area contributed by atoms with E-state index in [-0.39, 0.29) is 0 Å². The lowest BCUT2D eigenvalue weighted by Crippen LogP contribution is -2.15. The predicted molar refractivity (Wildman–Crippen MR) is 63.4 cm³/mol. The van der Waals surface area contributed by atoms with Crippen LogP contribution < -0.4 is 0 Å². The van der Waals surface area contributed by atoms with Crippen molar-refractivity contribution in [3.05, 3.63) is 30.3 Å². The summed E-state index contributed by atoms with van der Waals surface area (Å²) < 4.78 is 0. The first kappa shape index (κ1) is 10.4. The van der Waals surface area contributed by atoms with Gasteiger partial charge >= 0.3 is 0 Å². The Bertz CT molecular complexity index is 313. The summed E-state index contributed by atoms with van der Waals surface area (Å²) in [6.45, 7) is 6.77. The molecule has 0 aliphatic heterocycles. The molecule has 2 heteroatoms. The summed E-state index contributed by atoms with van der Waals surface area (Å²) in [6.07, 6.45) is 0. The van der Waals surface area contributed by atoms with Crippen molar-refractivity contribution in [2.45, 2.75) is 24.5 Å². The summed E-state index contributed by atoms with van der Waals surface area (Å²) in [5.74, 6) is 0. The first-order valence-electron chi connectivity index (χ1n) is 4.32. The molecule has 0 amide bonds. The van der Waals surface area contributed by atoms with E-state index >= 15 is 0 Å². The average molecular weight is 206 g/mol. The summed E-state index contributed by atoms with van der Waals surface area (Å²) in [4.78, 5) is 1.23. The predicted octanol–water partition coefficient (Wildman–Crippen LogP) is 3.62. The fourth-order valence-electron chi connectivity index (χ4n) is 0.726. The minimum absolute atomic E-state index is 1.19. The van der Waals surface area contributed by atoms with Gasteiger partial charge in [0.25, 0.3) is 0 Å². The van der Waals surface area contributed by atoms with Gasteiger partial charge in [0.2, 0.25) is 0 Å². The molecule has 1 aromatic carbocycles. The van der Waals surface area contributed by atoms with E-state index in [9.17, 15) is 0 Å². The molecule has 0 radical (unpaired) electrons. The summed E-state index contributed by atoms with van der Waals surface area (Å²) in [6, 6.07) is 10.3. The molecule has 0 aliphatic rings. The molecular weight excluding hydrogens is 192 g/mol. The molecule has 0 bridgehead atoms. The van der Waals surface area contributed by atoms with Gasteiger partial charge in [-0.25, -0.2) is 0 Å². The lowest BCUT2D eigenvalue weighted by atomic mass is 10.4. The van der Waals surface area contributed by atoms with E-state index in [0.717, 1.165) is 0 Å². The van der Waals surface area contributed by atoms with Gasteiger partial charge in [-0.1, -0.05) is 37.8 Å². The van der Waals surface area contributed by atoms with Crippen molar-refractivity contribution in [2.24, 2.45) is 0 Å². The molecule has 0 heterocycles. The van der Waals surface area contributed by atoms with Crippen LogP contribution in [0.1, 0.15) is 0 Å². The second kappa shape index (κ2) is 4.55. The number of rotatable bonds is 1. The molecule has 1 rings (SSSR count). The first-order chi connectivity index (χ1) is 6.08. The minimum Gasteiger partial charge on any atom is -0.120 e. The van der Waals surface area contributed by atoms with Crippen molar-refractivity contribution in [2.75, 3.05) is 0 Å². The van der Waals surface area contributed by atoms with Crippen molar-refractivity contribution in [1.29, 1.82) is 0 Å². The highest BCUT2D eigenvalue weighted by Crippen LogP contribution is 2.15. The van der Waals surface area contributed by atoms with Crippen molar-refractivity contribution < 1.29 is 0 Å². The van der Waals surface area contributed by atoms with E-state index < -0.39 is 8.07 Å². The molecule has 0 atom stereocenters. The molecule has 0 aliphatic carbocycles. The van der Waals surface area contributed by atoms with Gasteiger partial charge in [-0.15, -0.1) is 5.54 Å². The SMILES string of the molecule is C[Si](C)(C)C#CSc1ccccc1. The van der Waals surface area contributed by atoms with Crippen LogP contribution in [0.3, 0.4) is 0 Å². The molecule has 1 aromatic rings. The zero-order valence-corrected chi connectivity index (χ0v) is 10.1. The average Bonchev–Trinajstić information content (AvgIpc) is 2.04. The van der Waals surface area contributed by atoms with Crippen molar-refractivity contribution in [3.63, 3.8) is 0 Å². The van der Waals surface area contributed by atoms with E-state index in [2.05, 4.69) is 42.6 Å². The standard InChI is InChI=1S/C11H14SSi/c1-13(2,3)10-9-12-11-7-5-4-6-8-11/h4-8H,1-3H3. The Morgan fingerprint density at radius 2 is 1.69 bits per heavy atom. The lowest BCUT2D eigenvalue weighted by Gasteiger charge is -2.02. The van der Waals surface area contributed by atoms with Gasteiger partial charge in [-0.05, 0) is 29.1 Å². The summed E-state index contributed by atoms with van der Waals surface area (Å²) in [5.41, 5.74) is 3.32. The van der Waals surface area contributed by atoms with Gasteiger partial charge in [0.1, 0.15) is 8.07 Å². The minimum atomic E-state index is -1.19. The van der Waals surface area contributed by atoms with Crippen LogP contribution in [-0.2, 0) is 0 Å². The third-order valence-electron chi connectivity index (χ3n) is 1.34. The molecule has 0 nitrogen and oxygen atoms in total. The van der Waals surface area contributed by atoms with Crippen LogP contribution in [0, 0.1) is 10.8 Å². The molecule has 0 N–H and O–H groups in total. The lowest BCUT2D eigenvalue weighted by molar-refractivity contribution is 1.47. The molecule has 0 aromatic heterocycles. The Kier molecular flexibility index (Phi) is 3.65. The topological polar surface area (TPSA) is 0 Å². The summed E-state index contributed by atoms with van der Waals surface area (Å²) in [5, 5.41) is 3.17. The quantitative estimate of drug-likeness (QED) is 0.384. The Morgan fingerprint density at radius 3 is 2.23 bits per heavy atom.